The minimum absolute atomic E-state index is 0.121. The van der Waals surface area contributed by atoms with Crippen molar-refractivity contribution >= 4 is 0 Å². The zero-order valence-corrected chi connectivity index (χ0v) is 9.85. The second kappa shape index (κ2) is 5.28. The predicted octanol–water partition coefficient (Wildman–Crippen LogP) is 1.14. The Bertz CT molecular complexity index is 188. The van der Waals surface area contributed by atoms with Crippen molar-refractivity contribution in [2.75, 3.05) is 32.8 Å². The van der Waals surface area contributed by atoms with Crippen LogP contribution in [0.5, 0.6) is 0 Å². The first-order valence-corrected chi connectivity index (χ1v) is 6.34. The molecular weight excluding hydrogens is 188 g/mol. The third kappa shape index (κ3) is 4.09. The maximum absolute atomic E-state index is 5.78. The summed E-state index contributed by atoms with van der Waals surface area (Å²) in [6.07, 6.45) is 5.72. The fourth-order valence-corrected chi connectivity index (χ4v) is 2.00. The quantitative estimate of drug-likeness (QED) is 0.592. The van der Waals surface area contributed by atoms with Crippen LogP contribution in [0.4, 0.5) is 0 Å². The molecule has 1 aliphatic carbocycles. The van der Waals surface area contributed by atoms with Gasteiger partial charge in [0.2, 0.25) is 0 Å². The van der Waals surface area contributed by atoms with Crippen LogP contribution in [-0.4, -0.2) is 38.4 Å². The van der Waals surface area contributed by atoms with Crippen LogP contribution in [0.2, 0.25) is 0 Å². The molecule has 0 aromatic carbocycles. The van der Waals surface area contributed by atoms with E-state index in [-0.39, 0.29) is 5.60 Å². The summed E-state index contributed by atoms with van der Waals surface area (Å²) in [5.74, 6) is 1.07. The van der Waals surface area contributed by atoms with Gasteiger partial charge in [-0.1, -0.05) is 12.8 Å². The van der Waals surface area contributed by atoms with Crippen molar-refractivity contribution in [3.63, 3.8) is 0 Å². The topological polar surface area (TPSA) is 33.3 Å². The average molecular weight is 212 g/mol. The summed E-state index contributed by atoms with van der Waals surface area (Å²) in [6.45, 7) is 7.21. The van der Waals surface area contributed by atoms with Crippen molar-refractivity contribution in [1.82, 2.24) is 10.6 Å². The lowest BCUT2D eigenvalue weighted by Crippen LogP contribution is -2.59. The van der Waals surface area contributed by atoms with Crippen molar-refractivity contribution in [2.24, 2.45) is 5.92 Å². The van der Waals surface area contributed by atoms with E-state index in [0.29, 0.717) is 0 Å². The number of rotatable bonds is 8. The van der Waals surface area contributed by atoms with Gasteiger partial charge in [-0.3, -0.25) is 0 Å². The molecule has 2 fully saturated rings. The Morgan fingerprint density at radius 2 is 2.13 bits per heavy atom. The van der Waals surface area contributed by atoms with Crippen molar-refractivity contribution in [2.45, 2.75) is 38.2 Å². The molecule has 0 amide bonds. The molecule has 0 aromatic heterocycles. The first-order valence-electron chi connectivity index (χ1n) is 6.34. The lowest BCUT2D eigenvalue weighted by atomic mass is 10.0. The Kier molecular flexibility index (Phi) is 4.00. The molecule has 0 aromatic rings. The fraction of sp³-hybridized carbons (Fsp3) is 1.00. The van der Waals surface area contributed by atoms with Gasteiger partial charge in [0.15, 0.2) is 0 Å². The molecule has 3 nitrogen and oxygen atoms in total. The number of nitrogens with one attached hydrogen (secondary N) is 2. The normalized spacial score (nSPS) is 23.8. The van der Waals surface area contributed by atoms with E-state index < -0.39 is 0 Å². The van der Waals surface area contributed by atoms with Gasteiger partial charge in [0.25, 0.3) is 0 Å². The van der Waals surface area contributed by atoms with Gasteiger partial charge in [-0.05, 0) is 32.2 Å². The van der Waals surface area contributed by atoms with E-state index in [9.17, 15) is 0 Å². The highest BCUT2D eigenvalue weighted by atomic mass is 16.5. The second-order valence-electron chi connectivity index (χ2n) is 5.24. The lowest BCUT2D eigenvalue weighted by Gasteiger charge is -2.39. The van der Waals surface area contributed by atoms with Crippen molar-refractivity contribution in [3.05, 3.63) is 0 Å². The maximum Gasteiger partial charge on any atom is 0.0902 e. The molecule has 1 aliphatic heterocycles. The van der Waals surface area contributed by atoms with Crippen molar-refractivity contribution in [1.29, 1.82) is 0 Å². The maximum atomic E-state index is 5.78. The highest BCUT2D eigenvalue weighted by molar-refractivity contribution is 4.90. The van der Waals surface area contributed by atoms with Gasteiger partial charge >= 0.3 is 0 Å². The van der Waals surface area contributed by atoms with Gasteiger partial charge in [0.1, 0.15) is 0 Å². The fourth-order valence-electron chi connectivity index (χ4n) is 2.00. The molecule has 1 saturated heterocycles. The molecule has 0 unspecified atom stereocenters. The Morgan fingerprint density at radius 3 is 2.73 bits per heavy atom. The van der Waals surface area contributed by atoms with E-state index in [1.54, 1.807) is 0 Å². The molecule has 0 bridgehead atoms. The van der Waals surface area contributed by atoms with Gasteiger partial charge in [0, 0.05) is 19.6 Å². The molecule has 0 atom stereocenters. The molecule has 2 rings (SSSR count). The molecule has 0 radical (unpaired) electrons. The van der Waals surface area contributed by atoms with E-state index >= 15 is 0 Å². The molecule has 2 N–H and O–H groups in total. The van der Waals surface area contributed by atoms with Crippen LogP contribution in [-0.2, 0) is 4.74 Å². The number of hydrogen-bond donors (Lipinski definition) is 2. The van der Waals surface area contributed by atoms with E-state index in [1.165, 1.54) is 25.7 Å². The summed E-state index contributed by atoms with van der Waals surface area (Å²) in [5.41, 5.74) is 0.121. The Hall–Kier alpha value is -0.120. The van der Waals surface area contributed by atoms with Crippen LogP contribution in [0.3, 0.4) is 0 Å². The van der Waals surface area contributed by atoms with Crippen LogP contribution >= 0.6 is 0 Å². The first-order chi connectivity index (χ1) is 7.29. The van der Waals surface area contributed by atoms with E-state index in [0.717, 1.165) is 38.7 Å². The second-order valence-corrected chi connectivity index (χ2v) is 5.24. The number of ether oxygens (including phenoxy) is 1. The van der Waals surface area contributed by atoms with E-state index in [1.807, 2.05) is 0 Å². The summed E-state index contributed by atoms with van der Waals surface area (Å²) in [7, 11) is 0. The van der Waals surface area contributed by atoms with Crippen LogP contribution in [0.25, 0.3) is 0 Å². The third-order valence-corrected chi connectivity index (χ3v) is 3.39. The smallest absolute Gasteiger partial charge is 0.0902 e. The molecule has 88 valence electrons. The number of hydrogen-bond acceptors (Lipinski definition) is 3. The summed E-state index contributed by atoms with van der Waals surface area (Å²) in [4.78, 5) is 0. The standard InChI is InChI=1S/C12H24N2O/c1-12(9-14-10-12)15-8-7-13-6-2-3-11-4-5-11/h11,13-14H,2-10H2,1H3. The van der Waals surface area contributed by atoms with Gasteiger partial charge < -0.3 is 15.4 Å². The van der Waals surface area contributed by atoms with Gasteiger partial charge in [-0.25, -0.2) is 0 Å². The van der Waals surface area contributed by atoms with Gasteiger partial charge in [-0.2, -0.15) is 0 Å². The monoisotopic (exact) mass is 212 g/mol. The van der Waals surface area contributed by atoms with Gasteiger partial charge in [-0.15, -0.1) is 0 Å². The van der Waals surface area contributed by atoms with Crippen LogP contribution in [0, 0.1) is 5.92 Å². The lowest BCUT2D eigenvalue weighted by molar-refractivity contribution is -0.0647. The average Bonchev–Trinajstić information content (AvgIpc) is 2.97. The summed E-state index contributed by atoms with van der Waals surface area (Å²) < 4.78 is 5.78. The van der Waals surface area contributed by atoms with E-state index in [4.69, 9.17) is 4.74 Å². The highest BCUT2D eigenvalue weighted by Crippen LogP contribution is 2.33. The van der Waals surface area contributed by atoms with Crippen LogP contribution in [0.1, 0.15) is 32.6 Å². The molecule has 1 heterocycles. The Balaban J connectivity index is 1.35. The van der Waals surface area contributed by atoms with Crippen molar-refractivity contribution in [3.8, 4) is 0 Å². The predicted molar refractivity (Wildman–Crippen MR) is 62.1 cm³/mol. The summed E-state index contributed by atoms with van der Waals surface area (Å²) >= 11 is 0. The SMILES string of the molecule is CC1(OCCNCCCC2CC2)CNC1. The van der Waals surface area contributed by atoms with Crippen LogP contribution < -0.4 is 10.6 Å². The molecule has 0 spiro atoms. The Labute approximate surface area is 93.0 Å². The largest absolute Gasteiger partial charge is 0.371 e. The zero-order chi connectivity index (χ0) is 10.6. The van der Waals surface area contributed by atoms with Crippen molar-refractivity contribution < 1.29 is 4.74 Å². The summed E-state index contributed by atoms with van der Waals surface area (Å²) in [5, 5.41) is 6.68. The minimum Gasteiger partial charge on any atom is -0.371 e. The molecule has 2 aliphatic rings. The summed E-state index contributed by atoms with van der Waals surface area (Å²) in [6, 6.07) is 0. The molecular formula is C12H24N2O. The Morgan fingerprint density at radius 1 is 1.33 bits per heavy atom. The zero-order valence-electron chi connectivity index (χ0n) is 9.85. The molecule has 3 heteroatoms. The first kappa shape index (κ1) is 11.4. The molecule has 1 saturated carbocycles. The van der Waals surface area contributed by atoms with Gasteiger partial charge in [0.05, 0.1) is 12.2 Å². The third-order valence-electron chi connectivity index (χ3n) is 3.39. The van der Waals surface area contributed by atoms with Crippen LogP contribution in [0.15, 0.2) is 0 Å². The highest BCUT2D eigenvalue weighted by Gasteiger charge is 2.31. The van der Waals surface area contributed by atoms with E-state index in [2.05, 4.69) is 17.6 Å². The minimum atomic E-state index is 0.121. The molecule has 15 heavy (non-hydrogen) atoms.